The van der Waals surface area contributed by atoms with Crippen LogP contribution in [0.4, 0.5) is 4.39 Å². The first-order valence-electron chi connectivity index (χ1n) is 6.11. The first kappa shape index (κ1) is 14.1. The maximum absolute atomic E-state index is 12.8. The summed E-state index contributed by atoms with van der Waals surface area (Å²) in [5.74, 6) is -0.172. The van der Waals surface area contributed by atoms with Gasteiger partial charge in [-0.1, -0.05) is 12.1 Å². The molecule has 0 amide bonds. The van der Waals surface area contributed by atoms with Crippen molar-refractivity contribution in [3.63, 3.8) is 0 Å². The van der Waals surface area contributed by atoms with Crippen molar-refractivity contribution >= 4 is 0 Å². The van der Waals surface area contributed by atoms with Gasteiger partial charge in [0.25, 0.3) is 0 Å². The second kappa shape index (κ2) is 7.41. The Morgan fingerprint density at radius 3 is 2.35 bits per heavy atom. The number of nitrogens with zero attached hydrogens (tertiary/aromatic N) is 1. The molecule has 2 nitrogen and oxygen atoms in total. The summed E-state index contributed by atoms with van der Waals surface area (Å²) in [6.45, 7) is 7.03. The Hall–Kier alpha value is -0.930. The van der Waals surface area contributed by atoms with Crippen LogP contribution in [0, 0.1) is 5.82 Å². The van der Waals surface area contributed by atoms with Crippen molar-refractivity contribution < 1.29 is 9.13 Å². The van der Waals surface area contributed by atoms with Crippen LogP contribution in [0.2, 0.25) is 0 Å². The highest BCUT2D eigenvalue weighted by Crippen LogP contribution is 2.06. The third kappa shape index (κ3) is 5.29. The molecular formula is C14H22FNO. The lowest BCUT2D eigenvalue weighted by Gasteiger charge is -2.26. The molecule has 0 spiro atoms. The molecule has 0 fully saturated rings. The molecule has 0 saturated heterocycles. The van der Waals surface area contributed by atoms with Gasteiger partial charge in [-0.25, -0.2) is 4.39 Å². The van der Waals surface area contributed by atoms with Gasteiger partial charge >= 0.3 is 0 Å². The van der Waals surface area contributed by atoms with Gasteiger partial charge in [0.2, 0.25) is 0 Å². The predicted octanol–water partition coefficient (Wildman–Crippen LogP) is 2.73. The number of methoxy groups -OCH3 is 1. The maximum atomic E-state index is 12.8. The Labute approximate surface area is 103 Å². The van der Waals surface area contributed by atoms with Gasteiger partial charge in [0.15, 0.2) is 0 Å². The Kier molecular flexibility index (Phi) is 6.16. The lowest BCUT2D eigenvalue weighted by atomic mass is 10.1. The average molecular weight is 239 g/mol. The van der Waals surface area contributed by atoms with E-state index in [0.29, 0.717) is 6.04 Å². The van der Waals surface area contributed by atoms with E-state index < -0.39 is 0 Å². The molecule has 0 heterocycles. The number of hydrogen-bond acceptors (Lipinski definition) is 2. The molecule has 0 bridgehead atoms. The highest BCUT2D eigenvalue weighted by Gasteiger charge is 2.08. The molecule has 0 aliphatic carbocycles. The van der Waals surface area contributed by atoms with E-state index in [4.69, 9.17) is 4.74 Å². The largest absolute Gasteiger partial charge is 0.383 e. The molecule has 0 aliphatic rings. The van der Waals surface area contributed by atoms with Crippen molar-refractivity contribution in [3.8, 4) is 0 Å². The van der Waals surface area contributed by atoms with Gasteiger partial charge in [-0.2, -0.15) is 0 Å². The number of hydrogen-bond donors (Lipinski definition) is 0. The number of ether oxygens (including phenoxy) is 1. The fraction of sp³-hybridized carbons (Fsp3) is 0.571. The van der Waals surface area contributed by atoms with Crippen LogP contribution in [-0.2, 0) is 11.2 Å². The van der Waals surface area contributed by atoms with Crippen LogP contribution in [0.3, 0.4) is 0 Å². The molecule has 0 saturated carbocycles. The van der Waals surface area contributed by atoms with Crippen molar-refractivity contribution in [3.05, 3.63) is 35.6 Å². The average Bonchev–Trinajstić information content (AvgIpc) is 2.31. The van der Waals surface area contributed by atoms with Crippen LogP contribution < -0.4 is 0 Å². The molecule has 0 atom stereocenters. The van der Waals surface area contributed by atoms with Crippen LogP contribution >= 0.6 is 0 Å². The molecular weight excluding hydrogens is 217 g/mol. The zero-order valence-electron chi connectivity index (χ0n) is 10.9. The molecule has 0 unspecified atom stereocenters. The number of halogens is 1. The Balaban J connectivity index is 2.43. The lowest BCUT2D eigenvalue weighted by Crippen LogP contribution is -2.35. The summed E-state index contributed by atoms with van der Waals surface area (Å²) in [4.78, 5) is 2.37. The molecule has 3 heteroatoms. The second-order valence-corrected chi connectivity index (χ2v) is 4.50. The lowest BCUT2D eigenvalue weighted by molar-refractivity contribution is 0.130. The molecule has 96 valence electrons. The van der Waals surface area contributed by atoms with E-state index in [1.165, 1.54) is 17.7 Å². The number of rotatable bonds is 7. The summed E-state index contributed by atoms with van der Waals surface area (Å²) in [7, 11) is 1.72. The van der Waals surface area contributed by atoms with Crippen molar-refractivity contribution in [1.29, 1.82) is 0 Å². The Morgan fingerprint density at radius 1 is 1.18 bits per heavy atom. The van der Waals surface area contributed by atoms with Gasteiger partial charge in [0, 0.05) is 26.2 Å². The van der Waals surface area contributed by atoms with Crippen molar-refractivity contribution in [1.82, 2.24) is 4.90 Å². The standard InChI is InChI=1S/C14H22FNO/c1-12(2)16(10-11-17-3)9-8-13-4-6-14(15)7-5-13/h4-7,12H,8-11H2,1-3H3. The van der Waals surface area contributed by atoms with Gasteiger partial charge in [0.1, 0.15) is 5.82 Å². The first-order chi connectivity index (χ1) is 8.13. The molecule has 0 radical (unpaired) electrons. The Bertz CT molecular complexity index is 311. The first-order valence-corrected chi connectivity index (χ1v) is 6.11. The van der Waals surface area contributed by atoms with E-state index in [9.17, 15) is 4.39 Å². The van der Waals surface area contributed by atoms with E-state index in [0.717, 1.165) is 26.1 Å². The van der Waals surface area contributed by atoms with Crippen molar-refractivity contribution in [2.45, 2.75) is 26.3 Å². The van der Waals surface area contributed by atoms with Crippen LogP contribution in [0.5, 0.6) is 0 Å². The van der Waals surface area contributed by atoms with E-state index in [-0.39, 0.29) is 5.82 Å². The highest BCUT2D eigenvalue weighted by atomic mass is 19.1. The predicted molar refractivity (Wildman–Crippen MR) is 68.7 cm³/mol. The quantitative estimate of drug-likeness (QED) is 0.725. The van der Waals surface area contributed by atoms with Crippen molar-refractivity contribution in [2.75, 3.05) is 26.8 Å². The minimum absolute atomic E-state index is 0.172. The Morgan fingerprint density at radius 2 is 1.82 bits per heavy atom. The SMILES string of the molecule is COCCN(CCc1ccc(F)cc1)C(C)C. The molecule has 0 aliphatic heterocycles. The molecule has 1 rings (SSSR count). The van der Waals surface area contributed by atoms with Crippen LogP contribution in [0.1, 0.15) is 19.4 Å². The van der Waals surface area contributed by atoms with E-state index in [1.54, 1.807) is 7.11 Å². The van der Waals surface area contributed by atoms with Gasteiger partial charge in [0.05, 0.1) is 6.61 Å². The van der Waals surface area contributed by atoms with Gasteiger partial charge in [-0.3, -0.25) is 4.90 Å². The minimum atomic E-state index is -0.172. The fourth-order valence-corrected chi connectivity index (χ4v) is 1.76. The van der Waals surface area contributed by atoms with Crippen molar-refractivity contribution in [2.24, 2.45) is 0 Å². The molecule has 1 aromatic rings. The van der Waals surface area contributed by atoms with E-state index >= 15 is 0 Å². The van der Waals surface area contributed by atoms with E-state index in [1.807, 2.05) is 12.1 Å². The summed E-state index contributed by atoms with van der Waals surface area (Å²) in [6.07, 6.45) is 0.947. The third-order valence-corrected chi connectivity index (χ3v) is 2.91. The minimum Gasteiger partial charge on any atom is -0.383 e. The highest BCUT2D eigenvalue weighted by molar-refractivity contribution is 5.16. The smallest absolute Gasteiger partial charge is 0.123 e. The molecule has 0 aromatic heterocycles. The van der Waals surface area contributed by atoms with Gasteiger partial charge in [-0.15, -0.1) is 0 Å². The van der Waals surface area contributed by atoms with E-state index in [2.05, 4.69) is 18.7 Å². The maximum Gasteiger partial charge on any atom is 0.123 e. The number of benzene rings is 1. The summed E-state index contributed by atoms with van der Waals surface area (Å²) < 4.78 is 17.9. The zero-order chi connectivity index (χ0) is 12.7. The van der Waals surface area contributed by atoms with Gasteiger partial charge < -0.3 is 4.74 Å². The summed E-state index contributed by atoms with van der Waals surface area (Å²) in [5, 5.41) is 0. The molecule has 1 aromatic carbocycles. The molecule has 17 heavy (non-hydrogen) atoms. The summed E-state index contributed by atoms with van der Waals surface area (Å²) in [5.41, 5.74) is 1.18. The fourth-order valence-electron chi connectivity index (χ4n) is 1.76. The monoisotopic (exact) mass is 239 g/mol. The van der Waals surface area contributed by atoms with Crippen LogP contribution in [0.25, 0.3) is 0 Å². The summed E-state index contributed by atoms with van der Waals surface area (Å²) >= 11 is 0. The molecule has 0 N–H and O–H groups in total. The van der Waals surface area contributed by atoms with Crippen LogP contribution in [-0.4, -0.2) is 37.7 Å². The van der Waals surface area contributed by atoms with Gasteiger partial charge in [-0.05, 0) is 38.0 Å². The topological polar surface area (TPSA) is 12.5 Å². The normalized spacial score (nSPS) is 11.4. The second-order valence-electron chi connectivity index (χ2n) is 4.50. The van der Waals surface area contributed by atoms with Crippen LogP contribution in [0.15, 0.2) is 24.3 Å². The zero-order valence-corrected chi connectivity index (χ0v) is 10.9. The third-order valence-electron chi connectivity index (χ3n) is 2.91. The summed E-state index contributed by atoms with van der Waals surface area (Å²) in [6, 6.07) is 7.24.